The number of rotatable bonds is 4. The Hall–Kier alpha value is -2.85. The molecule has 0 spiro atoms. The number of nitrogens with zero attached hydrogens (tertiary/aromatic N) is 4. The van der Waals surface area contributed by atoms with E-state index in [0.717, 1.165) is 17.6 Å². The molecule has 31 heavy (non-hydrogen) atoms. The number of hydrogen-bond acceptors (Lipinski definition) is 6. The van der Waals surface area contributed by atoms with E-state index >= 15 is 0 Å². The molecule has 0 radical (unpaired) electrons. The van der Waals surface area contributed by atoms with E-state index in [0.29, 0.717) is 41.7 Å². The second kappa shape index (κ2) is 8.72. The van der Waals surface area contributed by atoms with E-state index in [1.54, 1.807) is 36.1 Å². The van der Waals surface area contributed by atoms with Crippen LogP contribution < -0.4 is 0 Å². The van der Waals surface area contributed by atoms with Crippen molar-refractivity contribution in [2.45, 2.75) is 25.6 Å². The summed E-state index contributed by atoms with van der Waals surface area (Å²) in [6.07, 6.45) is -4.84. The molecule has 1 amide bonds. The number of alkyl halides is 3. The van der Waals surface area contributed by atoms with Crippen molar-refractivity contribution in [2.24, 2.45) is 0 Å². The molecule has 162 valence electrons. The SMILES string of the molecule is Cc1nnsc1C(=O)N1CCO[C@@H](c2cccc(Cc3ccccc3C(F)(F)F)n2)C1. The molecule has 0 unspecified atom stereocenters. The third-order valence-electron chi connectivity index (χ3n) is 5.05. The molecule has 0 saturated carbocycles. The minimum Gasteiger partial charge on any atom is -0.368 e. The molecule has 1 aliphatic rings. The second-order valence-corrected chi connectivity index (χ2v) is 7.94. The van der Waals surface area contributed by atoms with Gasteiger partial charge in [-0.25, -0.2) is 0 Å². The van der Waals surface area contributed by atoms with Crippen LogP contribution in [0.2, 0.25) is 0 Å². The van der Waals surface area contributed by atoms with E-state index in [4.69, 9.17) is 4.74 Å². The first-order valence-corrected chi connectivity index (χ1v) is 10.4. The molecule has 1 saturated heterocycles. The molecule has 3 heterocycles. The molecule has 10 heteroatoms. The van der Waals surface area contributed by atoms with Crippen LogP contribution in [0.15, 0.2) is 42.5 Å². The van der Waals surface area contributed by atoms with Crippen LogP contribution in [0.3, 0.4) is 0 Å². The van der Waals surface area contributed by atoms with Crippen molar-refractivity contribution in [3.05, 3.63) is 75.6 Å². The Balaban J connectivity index is 1.52. The summed E-state index contributed by atoms with van der Waals surface area (Å²) >= 11 is 1.05. The van der Waals surface area contributed by atoms with Gasteiger partial charge in [-0.15, -0.1) is 5.10 Å². The molecule has 1 atom stereocenters. The number of amides is 1. The molecular weight excluding hydrogens is 429 g/mol. The van der Waals surface area contributed by atoms with Gasteiger partial charge in [0, 0.05) is 18.7 Å². The molecule has 0 N–H and O–H groups in total. The number of morpholine rings is 1. The summed E-state index contributed by atoms with van der Waals surface area (Å²) in [6, 6.07) is 10.7. The molecule has 1 aliphatic heterocycles. The van der Waals surface area contributed by atoms with Gasteiger partial charge in [0.25, 0.3) is 5.91 Å². The Morgan fingerprint density at radius 2 is 2.03 bits per heavy atom. The summed E-state index contributed by atoms with van der Waals surface area (Å²) < 4.78 is 49.5. The van der Waals surface area contributed by atoms with Crippen molar-refractivity contribution in [2.75, 3.05) is 19.7 Å². The van der Waals surface area contributed by atoms with Gasteiger partial charge in [-0.05, 0) is 42.2 Å². The first kappa shape index (κ1) is 21.4. The zero-order valence-corrected chi connectivity index (χ0v) is 17.4. The van der Waals surface area contributed by atoms with Crippen molar-refractivity contribution < 1.29 is 22.7 Å². The van der Waals surface area contributed by atoms with Crippen LogP contribution in [-0.4, -0.2) is 45.1 Å². The number of pyridine rings is 1. The first-order valence-electron chi connectivity index (χ1n) is 9.63. The van der Waals surface area contributed by atoms with Crippen LogP contribution in [0, 0.1) is 6.92 Å². The Bertz CT molecular complexity index is 1090. The van der Waals surface area contributed by atoms with Crippen molar-refractivity contribution in [1.82, 2.24) is 19.5 Å². The average Bonchev–Trinajstić information content (AvgIpc) is 3.19. The summed E-state index contributed by atoms with van der Waals surface area (Å²) in [5, 5.41) is 3.88. The molecular formula is C21H19F3N4O2S. The minimum atomic E-state index is -4.43. The Morgan fingerprint density at radius 3 is 2.77 bits per heavy atom. The summed E-state index contributed by atoms with van der Waals surface area (Å²) in [6.45, 7) is 2.81. The van der Waals surface area contributed by atoms with Gasteiger partial charge >= 0.3 is 6.18 Å². The van der Waals surface area contributed by atoms with Crippen molar-refractivity contribution in [3.8, 4) is 0 Å². The number of hydrogen-bond donors (Lipinski definition) is 0. The number of aromatic nitrogens is 3. The van der Waals surface area contributed by atoms with Gasteiger partial charge in [-0.2, -0.15) is 13.2 Å². The maximum atomic E-state index is 13.3. The van der Waals surface area contributed by atoms with Crippen molar-refractivity contribution in [1.29, 1.82) is 0 Å². The molecule has 1 aromatic carbocycles. The second-order valence-electron chi connectivity index (χ2n) is 7.18. The molecule has 0 aliphatic carbocycles. The van der Waals surface area contributed by atoms with Crippen molar-refractivity contribution >= 4 is 17.4 Å². The Kier molecular flexibility index (Phi) is 6.01. The van der Waals surface area contributed by atoms with E-state index in [2.05, 4.69) is 14.6 Å². The molecule has 6 nitrogen and oxygen atoms in total. The van der Waals surface area contributed by atoms with Crippen LogP contribution in [0.5, 0.6) is 0 Å². The van der Waals surface area contributed by atoms with Gasteiger partial charge in [0.2, 0.25) is 0 Å². The average molecular weight is 448 g/mol. The fourth-order valence-electron chi connectivity index (χ4n) is 3.51. The maximum absolute atomic E-state index is 13.3. The Morgan fingerprint density at radius 1 is 1.23 bits per heavy atom. The molecule has 4 rings (SSSR count). The lowest BCUT2D eigenvalue weighted by Gasteiger charge is -2.32. The molecule has 2 aromatic heterocycles. The van der Waals surface area contributed by atoms with Gasteiger partial charge in [-0.3, -0.25) is 9.78 Å². The number of carbonyl (C=O) groups is 1. The summed E-state index contributed by atoms with van der Waals surface area (Å²) in [4.78, 5) is 19.5. The highest BCUT2D eigenvalue weighted by atomic mass is 32.1. The highest BCUT2D eigenvalue weighted by Crippen LogP contribution is 2.33. The first-order chi connectivity index (χ1) is 14.8. The summed E-state index contributed by atoms with van der Waals surface area (Å²) in [7, 11) is 0. The van der Waals surface area contributed by atoms with Crippen LogP contribution in [0.25, 0.3) is 0 Å². The number of benzene rings is 1. The minimum absolute atomic E-state index is 0.0462. The zero-order chi connectivity index (χ0) is 22.0. The van der Waals surface area contributed by atoms with Gasteiger partial charge < -0.3 is 9.64 Å². The fraction of sp³-hybridized carbons (Fsp3) is 0.333. The molecule has 1 fully saturated rings. The van der Waals surface area contributed by atoms with Crippen molar-refractivity contribution in [3.63, 3.8) is 0 Å². The monoisotopic (exact) mass is 448 g/mol. The lowest BCUT2D eigenvalue weighted by atomic mass is 10.0. The van der Waals surface area contributed by atoms with Crippen LogP contribution in [-0.2, 0) is 17.3 Å². The topological polar surface area (TPSA) is 68.2 Å². The summed E-state index contributed by atoms with van der Waals surface area (Å²) in [5.41, 5.74) is 1.17. The normalized spacial score (nSPS) is 17.0. The quantitative estimate of drug-likeness (QED) is 0.602. The third kappa shape index (κ3) is 4.75. The van der Waals surface area contributed by atoms with E-state index in [9.17, 15) is 18.0 Å². The summed E-state index contributed by atoms with van der Waals surface area (Å²) in [5.74, 6) is -0.156. The standard InChI is InChI=1S/C21H19F3N4O2S/c1-13-19(31-27-26-13)20(29)28-9-10-30-18(12-28)17-8-4-6-15(25-17)11-14-5-2-3-7-16(14)21(22,23)24/h2-8,18H,9-12H2,1H3/t18-/m1/s1. The number of carbonyl (C=O) groups excluding carboxylic acids is 1. The highest BCUT2D eigenvalue weighted by Gasteiger charge is 2.33. The number of halogens is 3. The zero-order valence-electron chi connectivity index (χ0n) is 16.6. The van der Waals surface area contributed by atoms with Crippen LogP contribution >= 0.6 is 11.5 Å². The molecule has 3 aromatic rings. The number of ether oxygens (including phenoxy) is 1. The lowest BCUT2D eigenvalue weighted by Crippen LogP contribution is -2.42. The van der Waals surface area contributed by atoms with E-state index in [-0.39, 0.29) is 17.9 Å². The number of aryl methyl sites for hydroxylation is 1. The van der Waals surface area contributed by atoms with E-state index in [1.807, 2.05) is 0 Å². The predicted molar refractivity (Wildman–Crippen MR) is 108 cm³/mol. The Labute approximate surface area is 180 Å². The smallest absolute Gasteiger partial charge is 0.368 e. The van der Waals surface area contributed by atoms with E-state index < -0.39 is 17.8 Å². The van der Waals surface area contributed by atoms with Crippen LogP contribution in [0.1, 0.15) is 44.0 Å². The third-order valence-corrected chi connectivity index (χ3v) is 5.87. The fourth-order valence-corrected chi connectivity index (χ4v) is 4.13. The molecule has 0 bridgehead atoms. The van der Waals surface area contributed by atoms with Crippen LogP contribution in [0.4, 0.5) is 13.2 Å². The van der Waals surface area contributed by atoms with E-state index in [1.165, 1.54) is 12.1 Å². The largest absolute Gasteiger partial charge is 0.416 e. The highest BCUT2D eigenvalue weighted by molar-refractivity contribution is 7.07. The predicted octanol–water partition coefficient (Wildman–Crippen LogP) is 4.06. The van der Waals surface area contributed by atoms with Gasteiger partial charge in [0.05, 0.1) is 30.1 Å². The van der Waals surface area contributed by atoms with Gasteiger partial charge in [0.15, 0.2) is 0 Å². The van der Waals surface area contributed by atoms with Gasteiger partial charge in [0.1, 0.15) is 11.0 Å². The lowest BCUT2D eigenvalue weighted by molar-refractivity contribution is -0.138. The van der Waals surface area contributed by atoms with Gasteiger partial charge in [-0.1, -0.05) is 28.8 Å². The maximum Gasteiger partial charge on any atom is 0.416 e.